The van der Waals surface area contributed by atoms with Crippen molar-refractivity contribution in [3.8, 4) is 11.5 Å². The molecule has 0 saturated heterocycles. The van der Waals surface area contributed by atoms with Gasteiger partial charge in [-0.1, -0.05) is 40.2 Å². The number of halogens is 1. The van der Waals surface area contributed by atoms with Crippen LogP contribution in [0.5, 0.6) is 11.5 Å². The molecule has 1 aliphatic carbocycles. The number of hydrazone groups is 1. The number of rotatable bonds is 7. The van der Waals surface area contributed by atoms with Gasteiger partial charge in [0.25, 0.3) is 5.91 Å². The van der Waals surface area contributed by atoms with E-state index in [1.54, 1.807) is 5.01 Å². The lowest BCUT2D eigenvalue weighted by Gasteiger charge is -2.29. The number of fused-ring (bicyclic) bond motifs is 1. The second-order valence-corrected chi connectivity index (χ2v) is 10.2. The number of carbonyl (C=O) groups is 1. The fourth-order valence-corrected chi connectivity index (χ4v) is 5.45. The van der Waals surface area contributed by atoms with E-state index in [-0.39, 0.29) is 17.9 Å². The average Bonchev–Trinajstić information content (AvgIpc) is 3.31. The van der Waals surface area contributed by atoms with Crippen LogP contribution in [-0.4, -0.2) is 29.8 Å². The lowest BCUT2D eigenvalue weighted by molar-refractivity contribution is 0.0681. The maximum Gasteiger partial charge on any atom is 0.274 e. The summed E-state index contributed by atoms with van der Waals surface area (Å²) in [5.41, 5.74) is 5.02. The number of benzene rings is 3. The van der Waals surface area contributed by atoms with E-state index in [0.29, 0.717) is 18.8 Å². The molecule has 0 N–H and O–H groups in total. The number of nitrogens with zero attached hydrogens (tertiary/aromatic N) is 2. The summed E-state index contributed by atoms with van der Waals surface area (Å²) in [7, 11) is 0. The van der Waals surface area contributed by atoms with Crippen LogP contribution >= 0.6 is 15.9 Å². The Hall–Kier alpha value is -3.38. The van der Waals surface area contributed by atoms with Gasteiger partial charge in [0.15, 0.2) is 0 Å². The largest absolute Gasteiger partial charge is 0.494 e. The van der Waals surface area contributed by atoms with Gasteiger partial charge in [0.1, 0.15) is 11.5 Å². The summed E-state index contributed by atoms with van der Waals surface area (Å²) >= 11 is 3.47. The van der Waals surface area contributed by atoms with Gasteiger partial charge in [-0.2, -0.15) is 5.10 Å². The zero-order valence-electron chi connectivity index (χ0n) is 21.2. The fraction of sp³-hybridized carbons (Fsp3) is 0.290. The molecule has 0 spiro atoms. The van der Waals surface area contributed by atoms with Crippen LogP contribution in [0.15, 0.2) is 87.9 Å². The zero-order chi connectivity index (χ0) is 25.8. The molecule has 2 aliphatic rings. The molecule has 6 heteroatoms. The van der Waals surface area contributed by atoms with Crippen molar-refractivity contribution in [2.75, 3.05) is 13.2 Å². The Morgan fingerprint density at radius 1 is 0.946 bits per heavy atom. The van der Waals surface area contributed by atoms with Crippen molar-refractivity contribution in [2.45, 2.75) is 39.2 Å². The van der Waals surface area contributed by atoms with E-state index < -0.39 is 0 Å². The summed E-state index contributed by atoms with van der Waals surface area (Å²) in [5.74, 6) is 1.75. The monoisotopic (exact) mass is 558 g/mol. The average molecular weight is 560 g/mol. The van der Waals surface area contributed by atoms with Crippen LogP contribution in [0.25, 0.3) is 6.08 Å². The van der Waals surface area contributed by atoms with Gasteiger partial charge in [-0.3, -0.25) is 4.79 Å². The molecule has 0 aromatic heterocycles. The molecular weight excluding hydrogens is 528 g/mol. The Morgan fingerprint density at radius 2 is 1.57 bits per heavy atom. The molecular formula is C31H31BrN2O3. The molecule has 3 aromatic rings. The number of amides is 1. The zero-order valence-corrected chi connectivity index (χ0v) is 22.8. The molecule has 2 atom stereocenters. The minimum Gasteiger partial charge on any atom is -0.494 e. The van der Waals surface area contributed by atoms with Crippen LogP contribution in [0.2, 0.25) is 0 Å². The smallest absolute Gasteiger partial charge is 0.274 e. The van der Waals surface area contributed by atoms with E-state index in [1.807, 2.05) is 62.4 Å². The Balaban J connectivity index is 1.52. The predicted molar refractivity (Wildman–Crippen MR) is 151 cm³/mol. The molecule has 37 heavy (non-hydrogen) atoms. The molecule has 1 heterocycles. The van der Waals surface area contributed by atoms with E-state index >= 15 is 0 Å². The molecule has 0 radical (unpaired) electrons. The summed E-state index contributed by atoms with van der Waals surface area (Å²) in [6.07, 6.45) is 5.20. The number of hydrogen-bond acceptors (Lipinski definition) is 4. The summed E-state index contributed by atoms with van der Waals surface area (Å²) < 4.78 is 12.2. The second kappa shape index (κ2) is 11.3. The summed E-state index contributed by atoms with van der Waals surface area (Å²) in [6, 6.07) is 23.6. The van der Waals surface area contributed by atoms with E-state index in [4.69, 9.17) is 14.6 Å². The van der Waals surface area contributed by atoms with Crippen molar-refractivity contribution in [1.29, 1.82) is 0 Å². The van der Waals surface area contributed by atoms with Crippen LogP contribution in [0.4, 0.5) is 0 Å². The highest BCUT2D eigenvalue weighted by atomic mass is 79.9. The quantitative estimate of drug-likeness (QED) is 0.298. The predicted octanol–water partition coefficient (Wildman–Crippen LogP) is 7.68. The van der Waals surface area contributed by atoms with E-state index in [2.05, 4.69) is 46.3 Å². The van der Waals surface area contributed by atoms with E-state index in [9.17, 15) is 4.79 Å². The first kappa shape index (κ1) is 25.3. The lowest BCUT2D eigenvalue weighted by Crippen LogP contribution is -2.31. The van der Waals surface area contributed by atoms with Crippen LogP contribution in [-0.2, 0) is 0 Å². The van der Waals surface area contributed by atoms with Gasteiger partial charge in [-0.15, -0.1) is 0 Å². The third-order valence-electron chi connectivity index (χ3n) is 6.87. The SMILES string of the molecule is CCOc1ccc(/C=C2\CCC[C@H]3C2=NN(C(=O)c2ccc(Br)cc2)[C@H]3c2ccc(OCC)cc2)cc1. The Kier molecular flexibility index (Phi) is 7.75. The minimum atomic E-state index is -0.161. The van der Waals surface area contributed by atoms with Crippen molar-refractivity contribution in [2.24, 2.45) is 11.0 Å². The molecule has 5 rings (SSSR count). The number of hydrogen-bond donors (Lipinski definition) is 0. The Bertz CT molecular complexity index is 1300. The first-order valence-electron chi connectivity index (χ1n) is 12.9. The third-order valence-corrected chi connectivity index (χ3v) is 7.39. The summed E-state index contributed by atoms with van der Waals surface area (Å²) in [6.45, 7) is 5.23. The van der Waals surface area contributed by atoms with Gasteiger partial charge in [-0.05, 0) is 104 Å². The van der Waals surface area contributed by atoms with Crippen molar-refractivity contribution in [1.82, 2.24) is 5.01 Å². The second-order valence-electron chi connectivity index (χ2n) is 9.26. The van der Waals surface area contributed by atoms with Gasteiger partial charge < -0.3 is 9.47 Å². The highest BCUT2D eigenvalue weighted by Crippen LogP contribution is 2.45. The molecule has 1 saturated carbocycles. The molecule has 190 valence electrons. The molecule has 0 bridgehead atoms. The lowest BCUT2D eigenvalue weighted by atomic mass is 9.77. The molecule has 1 fully saturated rings. The molecule has 5 nitrogen and oxygen atoms in total. The first-order valence-corrected chi connectivity index (χ1v) is 13.7. The van der Waals surface area contributed by atoms with Crippen molar-refractivity contribution >= 4 is 33.6 Å². The standard InChI is InChI=1S/C31H31BrN2O3/c1-3-36-26-16-8-21(9-17-26)20-24-6-5-7-28-29(24)33-34(31(35)23-10-14-25(32)15-11-23)30(28)22-12-18-27(19-13-22)37-4-2/h8-20,28,30H,3-7H2,1-2H3/b24-20+/t28-,30-/m0/s1. The molecule has 1 amide bonds. The molecule has 1 aliphatic heterocycles. The maximum atomic E-state index is 13.8. The highest BCUT2D eigenvalue weighted by Gasteiger charge is 2.43. The fourth-order valence-electron chi connectivity index (χ4n) is 5.18. The number of carbonyl (C=O) groups excluding carboxylic acids is 1. The van der Waals surface area contributed by atoms with Crippen LogP contribution in [0, 0.1) is 5.92 Å². The summed E-state index contributed by atoms with van der Waals surface area (Å²) in [4.78, 5) is 13.8. The first-order chi connectivity index (χ1) is 18.1. The van der Waals surface area contributed by atoms with Gasteiger partial charge in [0.2, 0.25) is 0 Å². The van der Waals surface area contributed by atoms with Crippen molar-refractivity contribution in [3.63, 3.8) is 0 Å². The maximum absolute atomic E-state index is 13.8. The van der Waals surface area contributed by atoms with Gasteiger partial charge in [-0.25, -0.2) is 5.01 Å². The number of allylic oxidation sites excluding steroid dienone is 1. The van der Waals surface area contributed by atoms with E-state index in [0.717, 1.165) is 52.1 Å². The van der Waals surface area contributed by atoms with Crippen LogP contribution < -0.4 is 9.47 Å². The normalized spacial score (nSPS) is 19.9. The Morgan fingerprint density at radius 3 is 2.19 bits per heavy atom. The van der Waals surface area contributed by atoms with Gasteiger partial charge >= 0.3 is 0 Å². The van der Waals surface area contributed by atoms with Crippen molar-refractivity contribution in [3.05, 3.63) is 99.5 Å². The van der Waals surface area contributed by atoms with Crippen LogP contribution in [0.3, 0.4) is 0 Å². The third kappa shape index (κ3) is 5.49. The Labute approximate surface area is 226 Å². The summed E-state index contributed by atoms with van der Waals surface area (Å²) in [5, 5.41) is 6.72. The topological polar surface area (TPSA) is 51.1 Å². The highest BCUT2D eigenvalue weighted by molar-refractivity contribution is 9.10. The van der Waals surface area contributed by atoms with E-state index in [1.165, 1.54) is 5.57 Å². The minimum absolute atomic E-state index is 0.0892. The van der Waals surface area contributed by atoms with Crippen LogP contribution in [0.1, 0.15) is 60.6 Å². The van der Waals surface area contributed by atoms with Gasteiger partial charge in [0.05, 0.1) is 25.0 Å². The molecule has 0 unspecified atom stereocenters. The number of ether oxygens (including phenoxy) is 2. The van der Waals surface area contributed by atoms with Crippen molar-refractivity contribution < 1.29 is 14.3 Å². The molecule has 3 aromatic carbocycles. The van der Waals surface area contributed by atoms with Gasteiger partial charge in [0, 0.05) is 16.0 Å².